The Labute approximate surface area is 155 Å². The van der Waals surface area contributed by atoms with Gasteiger partial charge in [-0.15, -0.1) is 0 Å². The van der Waals surface area contributed by atoms with Crippen molar-refractivity contribution in [3.8, 4) is 0 Å². The lowest BCUT2D eigenvalue weighted by atomic mass is 9.70. The molecule has 1 amide bonds. The van der Waals surface area contributed by atoms with Crippen molar-refractivity contribution in [2.24, 2.45) is 0 Å². The number of hydrogen-bond acceptors (Lipinski definition) is 5. The van der Waals surface area contributed by atoms with Gasteiger partial charge in [0.2, 0.25) is 0 Å². The molecule has 0 aliphatic carbocycles. The van der Waals surface area contributed by atoms with Crippen molar-refractivity contribution in [3.63, 3.8) is 0 Å². The third-order valence-corrected chi connectivity index (χ3v) is 4.78. The zero-order valence-corrected chi connectivity index (χ0v) is 16.3. The van der Waals surface area contributed by atoms with Gasteiger partial charge < -0.3 is 14.4 Å². The number of hydrogen-bond donors (Lipinski definition) is 0. The number of ether oxygens (including phenoxy) is 2. The zero-order chi connectivity index (χ0) is 19.2. The van der Waals surface area contributed by atoms with E-state index in [4.69, 9.17) is 9.47 Å². The van der Waals surface area contributed by atoms with E-state index in [1.54, 1.807) is 17.3 Å². The fraction of sp³-hybridized carbons (Fsp3) is 0.650. The number of likely N-dealkylation sites (tertiary alicyclic amines) is 1. The topological polar surface area (TPSA) is 68.7 Å². The third kappa shape index (κ3) is 5.44. The predicted molar refractivity (Wildman–Crippen MR) is 98.8 cm³/mol. The van der Waals surface area contributed by atoms with Crippen LogP contribution in [0.15, 0.2) is 24.5 Å². The van der Waals surface area contributed by atoms with Crippen LogP contribution in [0, 0.1) is 0 Å². The highest BCUT2D eigenvalue weighted by Crippen LogP contribution is 2.39. The first-order valence-electron chi connectivity index (χ1n) is 9.30. The molecule has 0 unspecified atom stereocenters. The Morgan fingerprint density at radius 2 is 1.81 bits per heavy atom. The Morgan fingerprint density at radius 1 is 1.19 bits per heavy atom. The van der Waals surface area contributed by atoms with Gasteiger partial charge in [-0.3, -0.25) is 9.78 Å². The van der Waals surface area contributed by atoms with Gasteiger partial charge in [-0.2, -0.15) is 0 Å². The number of nitrogens with zero attached hydrogens (tertiary/aromatic N) is 2. The SMILES string of the molecule is CCOC(=O)CCC1(c2ccncc2)CCN(C(=O)OC(C)(C)C)CC1. The Bertz CT molecular complexity index is 602. The lowest BCUT2D eigenvalue weighted by Crippen LogP contribution is -2.47. The van der Waals surface area contributed by atoms with Crippen LogP contribution in [-0.4, -0.2) is 47.2 Å². The van der Waals surface area contributed by atoms with Crippen LogP contribution in [-0.2, 0) is 19.7 Å². The second-order valence-corrected chi connectivity index (χ2v) is 7.79. The molecular formula is C20H30N2O4. The smallest absolute Gasteiger partial charge is 0.410 e. The molecule has 0 radical (unpaired) electrons. The van der Waals surface area contributed by atoms with Crippen molar-refractivity contribution in [1.82, 2.24) is 9.88 Å². The molecule has 1 aromatic rings. The minimum absolute atomic E-state index is 0.145. The summed E-state index contributed by atoms with van der Waals surface area (Å²) in [5.41, 5.74) is 0.523. The van der Waals surface area contributed by atoms with E-state index in [2.05, 4.69) is 4.98 Å². The summed E-state index contributed by atoms with van der Waals surface area (Å²) in [7, 11) is 0. The van der Waals surface area contributed by atoms with E-state index in [9.17, 15) is 9.59 Å². The van der Waals surface area contributed by atoms with Crippen LogP contribution in [0.5, 0.6) is 0 Å². The first kappa shape index (κ1) is 20.2. The van der Waals surface area contributed by atoms with Crippen LogP contribution >= 0.6 is 0 Å². The Kier molecular flexibility index (Phi) is 6.62. The molecule has 2 rings (SSSR count). The molecule has 1 fully saturated rings. The summed E-state index contributed by atoms with van der Waals surface area (Å²) in [6, 6.07) is 4.02. The molecule has 6 heteroatoms. The molecule has 0 bridgehead atoms. The zero-order valence-electron chi connectivity index (χ0n) is 16.3. The van der Waals surface area contributed by atoms with Gasteiger partial charge >= 0.3 is 12.1 Å². The van der Waals surface area contributed by atoms with Crippen molar-refractivity contribution < 1.29 is 19.1 Å². The Morgan fingerprint density at radius 3 is 2.35 bits per heavy atom. The number of aromatic nitrogens is 1. The van der Waals surface area contributed by atoms with Gasteiger partial charge in [-0.25, -0.2) is 4.79 Å². The average Bonchev–Trinajstić information content (AvgIpc) is 2.60. The fourth-order valence-electron chi connectivity index (χ4n) is 3.41. The summed E-state index contributed by atoms with van der Waals surface area (Å²) in [4.78, 5) is 30.1. The molecule has 0 aromatic carbocycles. The molecule has 1 saturated heterocycles. The normalized spacial score (nSPS) is 16.8. The standard InChI is InChI=1S/C20H30N2O4/c1-5-25-17(23)6-9-20(16-7-12-21-13-8-16)10-14-22(15-11-20)18(24)26-19(2,3)4/h7-8,12-13H,5-6,9-11,14-15H2,1-4H3. The summed E-state index contributed by atoms with van der Waals surface area (Å²) in [6.45, 7) is 9.05. The largest absolute Gasteiger partial charge is 0.466 e. The number of amides is 1. The van der Waals surface area contributed by atoms with Crippen molar-refractivity contribution in [2.45, 2.75) is 64.4 Å². The van der Waals surface area contributed by atoms with Crippen LogP contribution < -0.4 is 0 Å². The Hall–Kier alpha value is -2.11. The molecule has 0 atom stereocenters. The molecule has 144 valence electrons. The van der Waals surface area contributed by atoms with Gasteiger partial charge in [-0.05, 0) is 70.1 Å². The predicted octanol–water partition coefficient (Wildman–Crippen LogP) is 3.69. The number of carbonyl (C=O) groups excluding carboxylic acids is 2. The molecule has 6 nitrogen and oxygen atoms in total. The molecule has 0 saturated carbocycles. The maximum absolute atomic E-state index is 12.3. The molecule has 0 spiro atoms. The summed E-state index contributed by atoms with van der Waals surface area (Å²) in [5, 5.41) is 0. The van der Waals surface area contributed by atoms with Gasteiger partial charge in [0, 0.05) is 31.9 Å². The van der Waals surface area contributed by atoms with E-state index in [0.717, 1.165) is 12.8 Å². The number of rotatable bonds is 5. The number of pyridine rings is 1. The van der Waals surface area contributed by atoms with Gasteiger partial charge in [0.25, 0.3) is 0 Å². The van der Waals surface area contributed by atoms with E-state index >= 15 is 0 Å². The van der Waals surface area contributed by atoms with Gasteiger partial charge in [0.05, 0.1) is 6.61 Å². The molecule has 1 aliphatic heterocycles. The van der Waals surface area contributed by atoms with E-state index in [-0.39, 0.29) is 17.5 Å². The van der Waals surface area contributed by atoms with Crippen LogP contribution in [0.1, 0.15) is 58.9 Å². The summed E-state index contributed by atoms with van der Waals surface area (Å²) < 4.78 is 10.6. The van der Waals surface area contributed by atoms with Crippen molar-refractivity contribution in [1.29, 1.82) is 0 Å². The molecule has 26 heavy (non-hydrogen) atoms. The maximum Gasteiger partial charge on any atom is 0.410 e. The van der Waals surface area contributed by atoms with Crippen molar-refractivity contribution in [3.05, 3.63) is 30.1 Å². The summed E-state index contributed by atoms with van der Waals surface area (Å²) in [6.07, 6.45) is 5.95. The summed E-state index contributed by atoms with van der Waals surface area (Å²) in [5.74, 6) is -0.171. The monoisotopic (exact) mass is 362 g/mol. The minimum Gasteiger partial charge on any atom is -0.466 e. The van der Waals surface area contributed by atoms with Crippen molar-refractivity contribution >= 4 is 12.1 Å². The van der Waals surface area contributed by atoms with Gasteiger partial charge in [0.1, 0.15) is 5.60 Å². The van der Waals surface area contributed by atoms with E-state index in [1.165, 1.54) is 5.56 Å². The molecule has 2 heterocycles. The maximum atomic E-state index is 12.3. The van der Waals surface area contributed by atoms with Crippen LogP contribution in [0.3, 0.4) is 0 Å². The molecule has 1 aromatic heterocycles. The number of carbonyl (C=O) groups is 2. The lowest BCUT2D eigenvalue weighted by Gasteiger charge is -2.42. The van der Waals surface area contributed by atoms with Crippen LogP contribution in [0.25, 0.3) is 0 Å². The van der Waals surface area contributed by atoms with Crippen LogP contribution in [0.2, 0.25) is 0 Å². The lowest BCUT2D eigenvalue weighted by molar-refractivity contribution is -0.143. The molecule has 0 N–H and O–H groups in total. The highest BCUT2D eigenvalue weighted by Gasteiger charge is 2.38. The first-order valence-corrected chi connectivity index (χ1v) is 9.30. The molecule has 1 aliphatic rings. The third-order valence-electron chi connectivity index (χ3n) is 4.78. The van der Waals surface area contributed by atoms with E-state index in [1.807, 2.05) is 39.8 Å². The average molecular weight is 362 g/mol. The first-order chi connectivity index (χ1) is 12.3. The molecular weight excluding hydrogens is 332 g/mol. The van der Waals surface area contributed by atoms with Gasteiger partial charge in [0.15, 0.2) is 0 Å². The quantitative estimate of drug-likeness (QED) is 0.747. The highest BCUT2D eigenvalue weighted by molar-refractivity contribution is 5.70. The summed E-state index contributed by atoms with van der Waals surface area (Å²) >= 11 is 0. The second-order valence-electron chi connectivity index (χ2n) is 7.79. The van der Waals surface area contributed by atoms with E-state index in [0.29, 0.717) is 32.5 Å². The Balaban J connectivity index is 2.08. The number of esters is 1. The van der Waals surface area contributed by atoms with Gasteiger partial charge in [-0.1, -0.05) is 0 Å². The van der Waals surface area contributed by atoms with E-state index < -0.39 is 5.60 Å². The highest BCUT2D eigenvalue weighted by atomic mass is 16.6. The fourth-order valence-corrected chi connectivity index (χ4v) is 3.41. The second kappa shape index (κ2) is 8.52. The number of piperidine rings is 1. The van der Waals surface area contributed by atoms with Crippen LogP contribution in [0.4, 0.5) is 4.79 Å². The van der Waals surface area contributed by atoms with Crippen molar-refractivity contribution in [2.75, 3.05) is 19.7 Å². The minimum atomic E-state index is -0.499.